The van der Waals surface area contributed by atoms with Crippen LogP contribution in [0.4, 0.5) is 0 Å². The van der Waals surface area contributed by atoms with Crippen molar-refractivity contribution in [2.75, 3.05) is 19.6 Å². The van der Waals surface area contributed by atoms with E-state index in [1.54, 1.807) is 6.07 Å². The van der Waals surface area contributed by atoms with Gasteiger partial charge in [0, 0.05) is 5.56 Å². The molecule has 0 saturated carbocycles. The molecular weight excluding hydrogens is 212 g/mol. The van der Waals surface area contributed by atoms with Crippen LogP contribution in [0.25, 0.3) is 0 Å². The van der Waals surface area contributed by atoms with Gasteiger partial charge in [0.05, 0.1) is 0 Å². The lowest BCUT2D eigenvalue weighted by molar-refractivity contribution is 0.1000. The molecule has 0 spiro atoms. The highest BCUT2D eigenvalue weighted by Gasteiger charge is 2.02. The molecule has 0 aliphatic heterocycles. The number of benzene rings is 1. The second kappa shape index (κ2) is 7.07. The molecule has 0 aliphatic rings. The number of nitrogens with zero attached hydrogens (tertiary/aromatic N) is 1. The Morgan fingerprint density at radius 3 is 2.59 bits per heavy atom. The van der Waals surface area contributed by atoms with Gasteiger partial charge < -0.3 is 10.6 Å². The third-order valence-corrected chi connectivity index (χ3v) is 3.05. The summed E-state index contributed by atoms with van der Waals surface area (Å²) >= 11 is 0. The van der Waals surface area contributed by atoms with Gasteiger partial charge in [-0.05, 0) is 50.2 Å². The van der Waals surface area contributed by atoms with Crippen LogP contribution in [0.3, 0.4) is 0 Å². The SMILES string of the molecule is CCN(CC)CCCc1cccc(C(N)=O)c1. The fraction of sp³-hybridized carbons (Fsp3) is 0.500. The van der Waals surface area contributed by atoms with Gasteiger partial charge in [0.25, 0.3) is 0 Å². The van der Waals surface area contributed by atoms with Gasteiger partial charge in [-0.1, -0.05) is 26.0 Å². The van der Waals surface area contributed by atoms with Gasteiger partial charge >= 0.3 is 0 Å². The van der Waals surface area contributed by atoms with Gasteiger partial charge in [-0.25, -0.2) is 0 Å². The van der Waals surface area contributed by atoms with Crippen molar-refractivity contribution in [3.8, 4) is 0 Å². The molecule has 3 nitrogen and oxygen atoms in total. The molecule has 0 saturated heterocycles. The predicted octanol–water partition coefficient (Wildman–Crippen LogP) is 2.06. The van der Waals surface area contributed by atoms with Crippen molar-refractivity contribution in [2.24, 2.45) is 5.73 Å². The third-order valence-electron chi connectivity index (χ3n) is 3.05. The molecule has 94 valence electrons. The summed E-state index contributed by atoms with van der Waals surface area (Å²) in [6, 6.07) is 7.60. The molecule has 0 atom stereocenters. The van der Waals surface area contributed by atoms with E-state index in [4.69, 9.17) is 5.73 Å². The van der Waals surface area contributed by atoms with E-state index in [-0.39, 0.29) is 5.91 Å². The van der Waals surface area contributed by atoms with Gasteiger partial charge in [-0.3, -0.25) is 4.79 Å². The van der Waals surface area contributed by atoms with Crippen LogP contribution in [0.5, 0.6) is 0 Å². The standard InChI is InChI=1S/C14H22N2O/c1-3-16(4-2)10-6-8-12-7-5-9-13(11-12)14(15)17/h5,7,9,11H,3-4,6,8,10H2,1-2H3,(H2,15,17). The Morgan fingerprint density at radius 1 is 1.29 bits per heavy atom. The first-order chi connectivity index (χ1) is 8.17. The molecule has 3 heteroatoms. The summed E-state index contributed by atoms with van der Waals surface area (Å²) in [6.45, 7) is 7.65. The van der Waals surface area contributed by atoms with Crippen LogP contribution in [-0.2, 0) is 6.42 Å². The fourth-order valence-corrected chi connectivity index (χ4v) is 1.93. The molecule has 2 N–H and O–H groups in total. The van der Waals surface area contributed by atoms with E-state index in [2.05, 4.69) is 24.8 Å². The molecule has 1 rings (SSSR count). The summed E-state index contributed by atoms with van der Waals surface area (Å²) in [5.74, 6) is -0.351. The molecule has 0 aromatic heterocycles. The lowest BCUT2D eigenvalue weighted by Gasteiger charge is -2.17. The van der Waals surface area contributed by atoms with Crippen LogP contribution >= 0.6 is 0 Å². The average Bonchev–Trinajstić information content (AvgIpc) is 2.35. The quantitative estimate of drug-likeness (QED) is 0.785. The first-order valence-corrected chi connectivity index (χ1v) is 6.28. The Labute approximate surface area is 104 Å². The lowest BCUT2D eigenvalue weighted by atomic mass is 10.1. The van der Waals surface area contributed by atoms with Crippen molar-refractivity contribution >= 4 is 5.91 Å². The van der Waals surface area contributed by atoms with Crippen LogP contribution in [0.15, 0.2) is 24.3 Å². The fourth-order valence-electron chi connectivity index (χ4n) is 1.93. The normalized spacial score (nSPS) is 10.8. The predicted molar refractivity (Wildman–Crippen MR) is 71.1 cm³/mol. The maximum atomic E-state index is 11.0. The van der Waals surface area contributed by atoms with Crippen molar-refractivity contribution in [3.05, 3.63) is 35.4 Å². The zero-order valence-electron chi connectivity index (χ0n) is 10.8. The van der Waals surface area contributed by atoms with E-state index in [1.165, 1.54) is 5.56 Å². The summed E-state index contributed by atoms with van der Waals surface area (Å²) in [5.41, 5.74) is 7.05. The Balaban J connectivity index is 2.46. The largest absolute Gasteiger partial charge is 0.366 e. The van der Waals surface area contributed by atoms with Crippen molar-refractivity contribution in [3.63, 3.8) is 0 Å². The lowest BCUT2D eigenvalue weighted by Crippen LogP contribution is -2.24. The monoisotopic (exact) mass is 234 g/mol. The molecule has 1 aromatic rings. The minimum Gasteiger partial charge on any atom is -0.366 e. The van der Waals surface area contributed by atoms with E-state index in [0.29, 0.717) is 5.56 Å². The van der Waals surface area contributed by atoms with Crippen molar-refractivity contribution in [1.29, 1.82) is 0 Å². The van der Waals surface area contributed by atoms with E-state index in [1.807, 2.05) is 12.1 Å². The highest BCUT2D eigenvalue weighted by Crippen LogP contribution is 2.07. The number of nitrogens with two attached hydrogens (primary N) is 1. The topological polar surface area (TPSA) is 46.3 Å². The Bertz CT molecular complexity index is 359. The van der Waals surface area contributed by atoms with Crippen LogP contribution in [0.1, 0.15) is 36.2 Å². The molecule has 1 amide bonds. The number of carbonyl (C=O) groups excluding carboxylic acids is 1. The van der Waals surface area contributed by atoms with E-state index in [0.717, 1.165) is 32.5 Å². The van der Waals surface area contributed by atoms with E-state index >= 15 is 0 Å². The summed E-state index contributed by atoms with van der Waals surface area (Å²) in [5, 5.41) is 0. The van der Waals surface area contributed by atoms with Gasteiger partial charge in [-0.15, -0.1) is 0 Å². The Hall–Kier alpha value is -1.35. The average molecular weight is 234 g/mol. The van der Waals surface area contributed by atoms with Gasteiger partial charge in [-0.2, -0.15) is 0 Å². The molecule has 1 aromatic carbocycles. The van der Waals surface area contributed by atoms with Crippen molar-refractivity contribution in [1.82, 2.24) is 4.90 Å². The molecule has 0 heterocycles. The van der Waals surface area contributed by atoms with Gasteiger partial charge in [0.2, 0.25) is 5.91 Å². The minimum absolute atomic E-state index is 0.351. The van der Waals surface area contributed by atoms with Gasteiger partial charge in [0.15, 0.2) is 0 Å². The van der Waals surface area contributed by atoms with E-state index in [9.17, 15) is 4.79 Å². The van der Waals surface area contributed by atoms with E-state index < -0.39 is 0 Å². The minimum atomic E-state index is -0.351. The Morgan fingerprint density at radius 2 is 2.00 bits per heavy atom. The third kappa shape index (κ3) is 4.57. The number of hydrogen-bond acceptors (Lipinski definition) is 2. The first kappa shape index (κ1) is 13.7. The molecule has 0 fully saturated rings. The van der Waals surface area contributed by atoms with Crippen LogP contribution < -0.4 is 5.73 Å². The van der Waals surface area contributed by atoms with Crippen LogP contribution in [-0.4, -0.2) is 30.4 Å². The summed E-state index contributed by atoms with van der Waals surface area (Å²) < 4.78 is 0. The van der Waals surface area contributed by atoms with Crippen molar-refractivity contribution < 1.29 is 4.79 Å². The number of aryl methyl sites for hydroxylation is 1. The Kier molecular flexibility index (Phi) is 5.70. The zero-order chi connectivity index (χ0) is 12.7. The second-order valence-electron chi connectivity index (χ2n) is 4.20. The van der Waals surface area contributed by atoms with Crippen LogP contribution in [0.2, 0.25) is 0 Å². The molecule has 0 bridgehead atoms. The van der Waals surface area contributed by atoms with Crippen molar-refractivity contribution in [2.45, 2.75) is 26.7 Å². The number of rotatable bonds is 7. The van der Waals surface area contributed by atoms with Gasteiger partial charge in [0.1, 0.15) is 0 Å². The maximum absolute atomic E-state index is 11.0. The summed E-state index contributed by atoms with van der Waals surface area (Å²) in [4.78, 5) is 13.4. The molecule has 0 unspecified atom stereocenters. The maximum Gasteiger partial charge on any atom is 0.248 e. The molecule has 0 radical (unpaired) electrons. The number of amides is 1. The molecule has 0 aliphatic carbocycles. The molecular formula is C14H22N2O. The number of hydrogen-bond donors (Lipinski definition) is 1. The summed E-state index contributed by atoms with van der Waals surface area (Å²) in [7, 11) is 0. The zero-order valence-corrected chi connectivity index (χ0v) is 10.8. The second-order valence-corrected chi connectivity index (χ2v) is 4.20. The smallest absolute Gasteiger partial charge is 0.248 e. The summed E-state index contributed by atoms with van der Waals surface area (Å²) in [6.07, 6.45) is 2.11. The molecule has 17 heavy (non-hydrogen) atoms. The van der Waals surface area contributed by atoms with Crippen LogP contribution in [0, 0.1) is 0 Å². The highest BCUT2D eigenvalue weighted by atomic mass is 16.1. The number of primary amides is 1. The highest BCUT2D eigenvalue weighted by molar-refractivity contribution is 5.92. The number of carbonyl (C=O) groups is 1. The first-order valence-electron chi connectivity index (χ1n) is 6.28.